The van der Waals surface area contributed by atoms with Gasteiger partial charge in [0, 0.05) is 12.2 Å². The minimum atomic E-state index is -0.389. The Balaban J connectivity index is 0. The molecule has 0 unspecified atom stereocenters. The highest BCUT2D eigenvalue weighted by Crippen LogP contribution is 2.01. The second-order valence-electron chi connectivity index (χ2n) is 3.16. The van der Waals surface area contributed by atoms with Crippen molar-refractivity contribution in [1.29, 1.82) is 0 Å². The zero-order chi connectivity index (χ0) is 12.2. The lowest BCUT2D eigenvalue weighted by molar-refractivity contribution is -0.139. The molecule has 0 fully saturated rings. The average molecular weight is 242 g/mol. The average Bonchev–Trinajstić information content (AvgIpc) is 2.31. The second kappa shape index (κ2) is 12.5. The molecule has 0 rings (SSSR count). The normalized spacial score (nSPS) is 8.71. The quantitative estimate of drug-likeness (QED) is 0.354. The summed E-state index contributed by atoms with van der Waals surface area (Å²) in [6.45, 7) is 7.41. The molecule has 0 N–H and O–H groups in total. The van der Waals surface area contributed by atoms with Crippen LogP contribution in [0.15, 0.2) is 25.3 Å². The van der Waals surface area contributed by atoms with Crippen LogP contribution in [-0.4, -0.2) is 25.2 Å². The number of hydrogen-bond donors (Lipinski definition) is 0. The third-order valence-electron chi connectivity index (χ3n) is 1.86. The van der Waals surface area contributed by atoms with Gasteiger partial charge in [-0.3, -0.25) is 0 Å². The molecule has 0 aliphatic heterocycles. The summed E-state index contributed by atoms with van der Waals surface area (Å²) in [5.41, 5.74) is 0. The molecule has 98 valence electrons. The van der Waals surface area contributed by atoms with Crippen LogP contribution in [0.3, 0.4) is 0 Å². The number of carbonyl (C=O) groups excluding carboxylic acids is 2. The minimum absolute atomic E-state index is 0. The first-order valence-electron chi connectivity index (χ1n) is 5.29. The standard InChI is InChI=1S/C12H18O4.CH4/c1-3-11(13)15-9-7-5-6-8-10-16-12(14)4-2;/h3-4H,1-2,5-10H2;1H4. The third-order valence-corrected chi connectivity index (χ3v) is 1.86. The van der Waals surface area contributed by atoms with Gasteiger partial charge in [-0.05, 0) is 25.7 Å². The Bertz CT molecular complexity index is 220. The third kappa shape index (κ3) is 12.4. The molecule has 0 bridgehead atoms. The summed E-state index contributed by atoms with van der Waals surface area (Å²) in [6, 6.07) is 0. The molecule has 0 saturated carbocycles. The molecule has 0 heterocycles. The predicted octanol–water partition coefficient (Wildman–Crippen LogP) is 2.64. The highest BCUT2D eigenvalue weighted by atomic mass is 16.5. The molecule has 4 heteroatoms. The molecule has 0 aromatic rings. The van der Waals surface area contributed by atoms with Crippen LogP contribution >= 0.6 is 0 Å². The van der Waals surface area contributed by atoms with Gasteiger partial charge in [-0.2, -0.15) is 0 Å². The molecule has 17 heavy (non-hydrogen) atoms. The molecule has 0 aliphatic rings. The van der Waals surface area contributed by atoms with Gasteiger partial charge in [-0.1, -0.05) is 20.6 Å². The predicted molar refractivity (Wildman–Crippen MR) is 67.5 cm³/mol. The number of esters is 2. The van der Waals surface area contributed by atoms with E-state index in [9.17, 15) is 9.59 Å². The van der Waals surface area contributed by atoms with E-state index in [0.29, 0.717) is 13.2 Å². The fourth-order valence-electron chi connectivity index (χ4n) is 1.02. The van der Waals surface area contributed by atoms with Gasteiger partial charge in [0.25, 0.3) is 0 Å². The Morgan fingerprint density at radius 1 is 0.824 bits per heavy atom. The van der Waals surface area contributed by atoms with Crippen molar-refractivity contribution in [2.24, 2.45) is 0 Å². The zero-order valence-electron chi connectivity index (χ0n) is 9.44. The maximum absolute atomic E-state index is 10.6. The molecule has 0 aromatic carbocycles. The number of unbranched alkanes of at least 4 members (excludes halogenated alkanes) is 3. The number of ether oxygens (including phenoxy) is 2. The van der Waals surface area contributed by atoms with Crippen molar-refractivity contribution >= 4 is 11.9 Å². The van der Waals surface area contributed by atoms with Crippen LogP contribution in [0.25, 0.3) is 0 Å². The first kappa shape index (κ1) is 17.8. The summed E-state index contributed by atoms with van der Waals surface area (Å²) in [4.78, 5) is 21.3. The molecule has 4 nitrogen and oxygen atoms in total. The first-order valence-corrected chi connectivity index (χ1v) is 5.29. The Labute approximate surface area is 103 Å². The lowest BCUT2D eigenvalue weighted by Crippen LogP contribution is -2.03. The van der Waals surface area contributed by atoms with Crippen LogP contribution in [0.5, 0.6) is 0 Å². The highest BCUT2D eigenvalue weighted by Gasteiger charge is 1.97. The van der Waals surface area contributed by atoms with Crippen molar-refractivity contribution in [3.05, 3.63) is 25.3 Å². The van der Waals surface area contributed by atoms with Crippen molar-refractivity contribution in [2.75, 3.05) is 13.2 Å². The van der Waals surface area contributed by atoms with E-state index in [0.717, 1.165) is 37.8 Å². The summed E-state index contributed by atoms with van der Waals surface area (Å²) >= 11 is 0. The Kier molecular flexibility index (Phi) is 13.1. The number of hydrogen-bond acceptors (Lipinski definition) is 4. The maximum atomic E-state index is 10.6. The van der Waals surface area contributed by atoms with Gasteiger partial charge in [0.05, 0.1) is 13.2 Å². The largest absolute Gasteiger partial charge is 0.463 e. The van der Waals surface area contributed by atoms with Crippen molar-refractivity contribution < 1.29 is 19.1 Å². The fraction of sp³-hybridized carbons (Fsp3) is 0.538. The molecule has 0 radical (unpaired) electrons. The van der Waals surface area contributed by atoms with Crippen molar-refractivity contribution in [3.63, 3.8) is 0 Å². The summed E-state index contributed by atoms with van der Waals surface area (Å²) in [5, 5.41) is 0. The molecule has 0 amide bonds. The summed E-state index contributed by atoms with van der Waals surface area (Å²) in [6.07, 6.45) is 5.81. The maximum Gasteiger partial charge on any atom is 0.330 e. The van der Waals surface area contributed by atoms with Gasteiger partial charge in [0.15, 0.2) is 0 Å². The van der Waals surface area contributed by atoms with Crippen LogP contribution in [-0.2, 0) is 19.1 Å². The van der Waals surface area contributed by atoms with Gasteiger partial charge < -0.3 is 9.47 Å². The van der Waals surface area contributed by atoms with Crippen molar-refractivity contribution in [3.8, 4) is 0 Å². The van der Waals surface area contributed by atoms with Gasteiger partial charge in [-0.15, -0.1) is 0 Å². The van der Waals surface area contributed by atoms with E-state index in [4.69, 9.17) is 9.47 Å². The van der Waals surface area contributed by atoms with E-state index < -0.39 is 0 Å². The summed E-state index contributed by atoms with van der Waals surface area (Å²) < 4.78 is 9.60. The van der Waals surface area contributed by atoms with Crippen LogP contribution in [0.4, 0.5) is 0 Å². The molecular formula is C13H22O4. The summed E-state index contributed by atoms with van der Waals surface area (Å²) in [7, 11) is 0. The van der Waals surface area contributed by atoms with Gasteiger partial charge in [-0.25, -0.2) is 9.59 Å². The fourth-order valence-corrected chi connectivity index (χ4v) is 1.02. The van der Waals surface area contributed by atoms with Crippen molar-refractivity contribution in [1.82, 2.24) is 0 Å². The van der Waals surface area contributed by atoms with E-state index in [1.165, 1.54) is 0 Å². The molecule has 0 saturated heterocycles. The monoisotopic (exact) mass is 242 g/mol. The zero-order valence-corrected chi connectivity index (χ0v) is 9.44. The van der Waals surface area contributed by atoms with E-state index in [2.05, 4.69) is 13.2 Å². The second-order valence-corrected chi connectivity index (χ2v) is 3.16. The Morgan fingerprint density at radius 3 is 1.47 bits per heavy atom. The highest BCUT2D eigenvalue weighted by molar-refractivity contribution is 5.81. The van der Waals surface area contributed by atoms with E-state index >= 15 is 0 Å². The summed E-state index contributed by atoms with van der Waals surface area (Å²) in [5.74, 6) is -0.778. The molecule has 0 aliphatic carbocycles. The van der Waals surface area contributed by atoms with Gasteiger partial charge in [0.2, 0.25) is 0 Å². The van der Waals surface area contributed by atoms with Crippen LogP contribution in [0, 0.1) is 0 Å². The molecule has 0 atom stereocenters. The smallest absolute Gasteiger partial charge is 0.330 e. The Hall–Kier alpha value is -1.58. The minimum Gasteiger partial charge on any atom is -0.463 e. The van der Waals surface area contributed by atoms with Crippen LogP contribution in [0.1, 0.15) is 33.1 Å². The Morgan fingerprint density at radius 2 is 1.18 bits per heavy atom. The van der Waals surface area contributed by atoms with E-state index in [1.54, 1.807) is 0 Å². The van der Waals surface area contributed by atoms with E-state index in [1.807, 2.05) is 0 Å². The van der Waals surface area contributed by atoms with Gasteiger partial charge >= 0.3 is 11.9 Å². The van der Waals surface area contributed by atoms with Gasteiger partial charge in [0.1, 0.15) is 0 Å². The first-order chi connectivity index (χ1) is 7.70. The molecular weight excluding hydrogens is 220 g/mol. The molecule has 0 spiro atoms. The van der Waals surface area contributed by atoms with E-state index in [-0.39, 0.29) is 19.4 Å². The topological polar surface area (TPSA) is 52.6 Å². The lowest BCUT2D eigenvalue weighted by atomic mass is 10.2. The van der Waals surface area contributed by atoms with Crippen molar-refractivity contribution in [2.45, 2.75) is 33.1 Å². The SMILES string of the molecule is C.C=CC(=O)OCCCCCCOC(=O)C=C. The number of carbonyl (C=O) groups is 2. The number of rotatable bonds is 9. The van der Waals surface area contributed by atoms with Crippen LogP contribution in [0.2, 0.25) is 0 Å². The lowest BCUT2D eigenvalue weighted by Gasteiger charge is -2.03. The molecule has 0 aromatic heterocycles. The van der Waals surface area contributed by atoms with Crippen LogP contribution < -0.4 is 0 Å².